The first-order chi connectivity index (χ1) is 9.55. The second kappa shape index (κ2) is 5.40. The number of hydrogen-bond donors (Lipinski definition) is 0. The van der Waals surface area contributed by atoms with Crippen LogP contribution in [0.5, 0.6) is 0 Å². The van der Waals surface area contributed by atoms with Gasteiger partial charge in [-0.2, -0.15) is 0 Å². The van der Waals surface area contributed by atoms with E-state index < -0.39 is 0 Å². The molecular weight excluding hydrogens is 244 g/mol. The molecule has 20 heavy (non-hydrogen) atoms. The summed E-state index contributed by atoms with van der Waals surface area (Å²) >= 11 is 0. The van der Waals surface area contributed by atoms with Gasteiger partial charge in [0.05, 0.1) is 0 Å². The monoisotopic (exact) mass is 272 g/mol. The lowest BCUT2D eigenvalue weighted by molar-refractivity contribution is 0.133. The van der Waals surface area contributed by atoms with Crippen molar-refractivity contribution in [2.45, 2.75) is 51.5 Å². The van der Waals surface area contributed by atoms with Crippen LogP contribution < -0.4 is 4.90 Å². The van der Waals surface area contributed by atoms with E-state index >= 15 is 0 Å². The summed E-state index contributed by atoms with van der Waals surface area (Å²) in [6.07, 6.45) is 4.19. The van der Waals surface area contributed by atoms with Crippen molar-refractivity contribution >= 4 is 5.69 Å². The summed E-state index contributed by atoms with van der Waals surface area (Å²) < 4.78 is 0. The molecule has 0 amide bonds. The van der Waals surface area contributed by atoms with Crippen LogP contribution in [-0.4, -0.2) is 37.1 Å². The fourth-order valence-corrected chi connectivity index (χ4v) is 3.76. The van der Waals surface area contributed by atoms with Gasteiger partial charge >= 0.3 is 0 Å². The van der Waals surface area contributed by atoms with E-state index in [1.165, 1.54) is 56.7 Å². The summed E-state index contributed by atoms with van der Waals surface area (Å²) in [5.41, 5.74) is 3.18. The number of anilines is 1. The van der Waals surface area contributed by atoms with Crippen LogP contribution in [0.25, 0.3) is 0 Å². The molecule has 1 aromatic rings. The molecule has 2 heterocycles. The molecule has 0 spiro atoms. The van der Waals surface area contributed by atoms with Crippen LogP contribution in [0.1, 0.15) is 45.6 Å². The summed E-state index contributed by atoms with van der Waals surface area (Å²) in [5, 5.41) is 0. The van der Waals surface area contributed by atoms with E-state index in [4.69, 9.17) is 0 Å². The standard InChI is InChI=1S/C18H28N2/c1-18(2,3)16-9-4-5-10-17(16)20-13-12-19-11-7-6-8-15(19)14-20/h4-5,9-10,15H,6-8,11-14H2,1-3H3. The molecule has 1 aromatic carbocycles. The van der Waals surface area contributed by atoms with Crippen LogP contribution in [-0.2, 0) is 5.41 Å². The average Bonchev–Trinajstić information content (AvgIpc) is 2.46. The Kier molecular flexibility index (Phi) is 3.76. The highest BCUT2D eigenvalue weighted by Gasteiger charge is 2.30. The lowest BCUT2D eigenvalue weighted by Crippen LogP contribution is -2.55. The van der Waals surface area contributed by atoms with Crippen molar-refractivity contribution in [1.29, 1.82) is 0 Å². The Morgan fingerprint density at radius 2 is 1.80 bits per heavy atom. The fourth-order valence-electron chi connectivity index (χ4n) is 3.76. The van der Waals surface area contributed by atoms with E-state index in [0.717, 1.165) is 6.04 Å². The van der Waals surface area contributed by atoms with Crippen molar-refractivity contribution in [2.24, 2.45) is 0 Å². The van der Waals surface area contributed by atoms with Gasteiger partial charge in [-0.25, -0.2) is 0 Å². The molecule has 2 heteroatoms. The lowest BCUT2D eigenvalue weighted by Gasteiger charge is -2.46. The molecule has 0 N–H and O–H groups in total. The number of hydrogen-bond acceptors (Lipinski definition) is 2. The average molecular weight is 272 g/mol. The third kappa shape index (κ3) is 2.71. The molecule has 0 radical (unpaired) electrons. The van der Waals surface area contributed by atoms with Crippen LogP contribution in [0.2, 0.25) is 0 Å². The van der Waals surface area contributed by atoms with Crippen LogP contribution in [0.15, 0.2) is 24.3 Å². The molecule has 110 valence electrons. The fraction of sp³-hybridized carbons (Fsp3) is 0.667. The first-order valence-electron chi connectivity index (χ1n) is 8.14. The molecule has 2 aliphatic heterocycles. The van der Waals surface area contributed by atoms with Gasteiger partial charge in [-0.3, -0.25) is 4.90 Å². The predicted molar refractivity (Wildman–Crippen MR) is 86.6 cm³/mol. The Bertz CT molecular complexity index is 461. The number of nitrogens with zero attached hydrogens (tertiary/aromatic N) is 2. The van der Waals surface area contributed by atoms with Crippen molar-refractivity contribution < 1.29 is 0 Å². The molecule has 2 fully saturated rings. The maximum Gasteiger partial charge on any atom is 0.0405 e. The van der Waals surface area contributed by atoms with Gasteiger partial charge < -0.3 is 4.90 Å². The Labute approximate surface area is 123 Å². The normalized spacial score (nSPS) is 24.6. The van der Waals surface area contributed by atoms with Gasteiger partial charge in [0.15, 0.2) is 0 Å². The molecule has 3 rings (SSSR count). The van der Waals surface area contributed by atoms with Gasteiger partial charge in [0.1, 0.15) is 0 Å². The van der Waals surface area contributed by atoms with E-state index in [9.17, 15) is 0 Å². The highest BCUT2D eigenvalue weighted by atomic mass is 15.3. The zero-order valence-corrected chi connectivity index (χ0v) is 13.2. The SMILES string of the molecule is CC(C)(C)c1ccccc1N1CCN2CCCCC2C1. The van der Waals surface area contributed by atoms with E-state index in [0.29, 0.717) is 0 Å². The minimum Gasteiger partial charge on any atom is -0.368 e. The number of piperazine rings is 1. The topological polar surface area (TPSA) is 6.48 Å². The second-order valence-electron chi connectivity index (χ2n) is 7.40. The van der Waals surface area contributed by atoms with E-state index in [1.54, 1.807) is 0 Å². The minimum atomic E-state index is 0.223. The molecular formula is C18H28N2. The maximum atomic E-state index is 2.71. The molecule has 0 saturated carbocycles. The van der Waals surface area contributed by atoms with Crippen molar-refractivity contribution in [2.75, 3.05) is 31.1 Å². The highest BCUT2D eigenvalue weighted by Crippen LogP contribution is 2.33. The first kappa shape index (κ1) is 13.9. The molecule has 2 nitrogen and oxygen atoms in total. The van der Waals surface area contributed by atoms with Gasteiger partial charge in [-0.15, -0.1) is 0 Å². The number of benzene rings is 1. The molecule has 1 unspecified atom stereocenters. The van der Waals surface area contributed by atoms with Gasteiger partial charge in [-0.1, -0.05) is 45.4 Å². The molecule has 2 aliphatic rings. The van der Waals surface area contributed by atoms with E-state index in [1.807, 2.05) is 0 Å². The Morgan fingerprint density at radius 3 is 2.60 bits per heavy atom. The van der Waals surface area contributed by atoms with Crippen LogP contribution in [0, 0.1) is 0 Å². The smallest absolute Gasteiger partial charge is 0.0405 e. The third-order valence-electron chi connectivity index (χ3n) is 4.89. The largest absolute Gasteiger partial charge is 0.368 e. The molecule has 0 aromatic heterocycles. The number of piperidine rings is 1. The maximum absolute atomic E-state index is 2.71. The number of rotatable bonds is 1. The summed E-state index contributed by atoms with van der Waals surface area (Å²) in [6.45, 7) is 11.9. The zero-order chi connectivity index (χ0) is 14.2. The summed E-state index contributed by atoms with van der Waals surface area (Å²) in [5.74, 6) is 0. The lowest BCUT2D eigenvalue weighted by atomic mass is 9.85. The number of para-hydroxylation sites is 1. The van der Waals surface area contributed by atoms with Crippen molar-refractivity contribution in [1.82, 2.24) is 4.90 Å². The number of fused-ring (bicyclic) bond motifs is 1. The van der Waals surface area contributed by atoms with E-state index in [-0.39, 0.29) is 5.41 Å². The van der Waals surface area contributed by atoms with Crippen LogP contribution >= 0.6 is 0 Å². The Balaban J connectivity index is 1.83. The van der Waals surface area contributed by atoms with Gasteiger partial charge in [0, 0.05) is 31.4 Å². The first-order valence-corrected chi connectivity index (χ1v) is 8.14. The molecule has 0 aliphatic carbocycles. The second-order valence-corrected chi connectivity index (χ2v) is 7.40. The van der Waals surface area contributed by atoms with Crippen molar-refractivity contribution in [3.05, 3.63) is 29.8 Å². The summed E-state index contributed by atoms with van der Waals surface area (Å²) in [6, 6.07) is 9.78. The van der Waals surface area contributed by atoms with Crippen molar-refractivity contribution in [3.8, 4) is 0 Å². The van der Waals surface area contributed by atoms with Gasteiger partial charge in [0.25, 0.3) is 0 Å². The zero-order valence-electron chi connectivity index (χ0n) is 13.2. The van der Waals surface area contributed by atoms with E-state index in [2.05, 4.69) is 54.8 Å². The van der Waals surface area contributed by atoms with Crippen LogP contribution in [0.4, 0.5) is 5.69 Å². The molecule has 1 atom stereocenters. The highest BCUT2D eigenvalue weighted by molar-refractivity contribution is 5.57. The van der Waals surface area contributed by atoms with Crippen LogP contribution in [0.3, 0.4) is 0 Å². The Morgan fingerprint density at radius 1 is 1.00 bits per heavy atom. The predicted octanol–water partition coefficient (Wildman–Crippen LogP) is 3.66. The summed E-state index contributed by atoms with van der Waals surface area (Å²) in [7, 11) is 0. The summed E-state index contributed by atoms with van der Waals surface area (Å²) in [4.78, 5) is 5.34. The Hall–Kier alpha value is -1.02. The quantitative estimate of drug-likeness (QED) is 0.770. The van der Waals surface area contributed by atoms with Gasteiger partial charge in [-0.05, 0) is 36.4 Å². The molecule has 2 saturated heterocycles. The van der Waals surface area contributed by atoms with Gasteiger partial charge in [0.2, 0.25) is 0 Å². The third-order valence-corrected chi connectivity index (χ3v) is 4.89. The molecule has 0 bridgehead atoms. The van der Waals surface area contributed by atoms with Crippen molar-refractivity contribution in [3.63, 3.8) is 0 Å². The minimum absolute atomic E-state index is 0.223.